The molecular weight excluding hydrogens is 541 g/mol. The van der Waals surface area contributed by atoms with Gasteiger partial charge in [-0.2, -0.15) is 39.5 Å². The van der Waals surface area contributed by atoms with Crippen molar-refractivity contribution < 1.29 is 49.4 Å². The molecule has 1 saturated carbocycles. The van der Waals surface area contributed by atoms with Crippen molar-refractivity contribution >= 4 is 5.97 Å². The fourth-order valence-electron chi connectivity index (χ4n) is 6.52. The summed E-state index contributed by atoms with van der Waals surface area (Å²) < 4.78 is 121. The molecule has 0 radical (unpaired) electrons. The molecule has 1 aliphatic heterocycles. The minimum absolute atomic E-state index is 0.0754. The average Bonchev–Trinajstić information content (AvgIpc) is 3.34. The third-order valence-electron chi connectivity index (χ3n) is 8.53. The van der Waals surface area contributed by atoms with E-state index in [4.69, 9.17) is 0 Å². The number of benzene rings is 1. The molecule has 2 aliphatic carbocycles. The number of aliphatic carboxylic acids is 1. The number of carbonyl (C=O) groups is 1. The molecule has 0 spiro atoms. The average molecular weight is 570 g/mol. The van der Waals surface area contributed by atoms with E-state index in [0.717, 1.165) is 12.2 Å². The molecule has 3 aliphatic rings. The lowest BCUT2D eigenvalue weighted by molar-refractivity contribution is -0.155. The Hall–Kier alpha value is -2.50. The van der Waals surface area contributed by atoms with Crippen LogP contribution in [-0.2, 0) is 23.7 Å². The van der Waals surface area contributed by atoms with Crippen molar-refractivity contribution in [1.82, 2.24) is 4.90 Å². The fourth-order valence-corrected chi connectivity index (χ4v) is 6.52. The summed E-state index contributed by atoms with van der Waals surface area (Å²) in [5.41, 5.74) is -4.91. The van der Waals surface area contributed by atoms with Gasteiger partial charge in [0.1, 0.15) is 0 Å². The minimum atomic E-state index is -4.92. The van der Waals surface area contributed by atoms with Crippen LogP contribution in [0.1, 0.15) is 61.6 Å². The quantitative estimate of drug-likeness (QED) is 0.365. The molecular formula is C27H28F9NO2. The first-order valence-corrected chi connectivity index (χ1v) is 12.7. The van der Waals surface area contributed by atoms with Crippen molar-refractivity contribution in [3.63, 3.8) is 0 Å². The Kier molecular flexibility index (Phi) is 7.92. The first-order chi connectivity index (χ1) is 18.0. The van der Waals surface area contributed by atoms with Gasteiger partial charge in [-0.1, -0.05) is 31.1 Å². The maximum Gasteiger partial charge on any atom is 0.416 e. The topological polar surface area (TPSA) is 40.5 Å². The molecule has 3 nitrogen and oxygen atoms in total. The molecule has 4 rings (SSSR count). The lowest BCUT2D eigenvalue weighted by atomic mass is 9.66. The molecule has 0 amide bonds. The maximum absolute atomic E-state index is 13.8. The van der Waals surface area contributed by atoms with Crippen LogP contribution in [0.2, 0.25) is 0 Å². The van der Waals surface area contributed by atoms with Gasteiger partial charge in [-0.15, -0.1) is 0 Å². The van der Waals surface area contributed by atoms with Gasteiger partial charge in [-0.3, -0.25) is 9.69 Å². The van der Waals surface area contributed by atoms with Gasteiger partial charge in [0.15, 0.2) is 0 Å². The molecule has 2 unspecified atom stereocenters. The second-order valence-electron chi connectivity index (χ2n) is 10.7. The predicted molar refractivity (Wildman–Crippen MR) is 123 cm³/mol. The predicted octanol–water partition coefficient (Wildman–Crippen LogP) is 8.01. The van der Waals surface area contributed by atoms with Crippen molar-refractivity contribution in [3.8, 4) is 0 Å². The van der Waals surface area contributed by atoms with Crippen LogP contribution in [0, 0.1) is 17.3 Å². The molecule has 2 fully saturated rings. The highest BCUT2D eigenvalue weighted by Gasteiger charge is 2.51. The number of hydrogen-bond acceptors (Lipinski definition) is 2. The zero-order chi connectivity index (χ0) is 28.8. The number of hydrogen-bond donors (Lipinski definition) is 1. The standard InChI is InChI=1S/C27H28F9NO2/c28-25(29,30)18-5-3-16(4-6-18)22-14-19(24(23(38)39)10-1-2-11-24)9-12-37(22)15-17-13-20(26(31,32)33)7-8-21(17)27(34,35)36/h3,5-8,13,16,19,22H,1-2,4,9-12,14-15H2,(H,38,39)/t16-,19?,22?/m1/s1. The summed E-state index contributed by atoms with van der Waals surface area (Å²) >= 11 is 0. The van der Waals surface area contributed by atoms with Gasteiger partial charge in [0, 0.05) is 12.6 Å². The van der Waals surface area contributed by atoms with E-state index >= 15 is 0 Å². The maximum atomic E-state index is 13.8. The molecule has 1 saturated heterocycles. The second-order valence-corrected chi connectivity index (χ2v) is 10.7. The van der Waals surface area contributed by atoms with E-state index in [2.05, 4.69) is 0 Å². The van der Waals surface area contributed by atoms with E-state index in [1.807, 2.05) is 0 Å². The molecule has 0 bridgehead atoms. The molecule has 1 aromatic carbocycles. The number of allylic oxidation sites excluding steroid dienone is 3. The normalized spacial score (nSPS) is 26.5. The van der Waals surface area contributed by atoms with E-state index in [0.29, 0.717) is 50.3 Å². The SMILES string of the molecule is O=C(O)C1(C2CCN(Cc3cc(C(F)(F)F)ccc3C(F)(F)F)C([C@@H]3C=CC(C(F)(F)F)=CC3)C2)CCCC1. The highest BCUT2D eigenvalue weighted by Crippen LogP contribution is 2.51. The van der Waals surface area contributed by atoms with Gasteiger partial charge in [0.2, 0.25) is 0 Å². The van der Waals surface area contributed by atoms with Crippen molar-refractivity contribution in [1.29, 1.82) is 0 Å². The van der Waals surface area contributed by atoms with Gasteiger partial charge in [-0.25, -0.2) is 0 Å². The molecule has 1 aromatic rings. The number of rotatable bonds is 5. The van der Waals surface area contributed by atoms with E-state index in [-0.39, 0.29) is 25.3 Å². The van der Waals surface area contributed by atoms with Crippen molar-refractivity contribution in [2.45, 2.75) is 76.1 Å². The first-order valence-electron chi connectivity index (χ1n) is 12.7. The molecule has 0 aromatic heterocycles. The van der Waals surface area contributed by atoms with Crippen LogP contribution in [0.4, 0.5) is 39.5 Å². The van der Waals surface area contributed by atoms with Crippen LogP contribution in [0.25, 0.3) is 0 Å². The van der Waals surface area contributed by atoms with E-state index in [1.165, 1.54) is 6.08 Å². The lowest BCUT2D eigenvalue weighted by Gasteiger charge is -2.47. The Morgan fingerprint density at radius 1 is 0.974 bits per heavy atom. The van der Waals surface area contributed by atoms with Crippen LogP contribution in [0.3, 0.4) is 0 Å². The van der Waals surface area contributed by atoms with Crippen molar-refractivity contribution in [3.05, 3.63) is 58.7 Å². The zero-order valence-corrected chi connectivity index (χ0v) is 20.8. The summed E-state index contributed by atoms with van der Waals surface area (Å²) in [6, 6.07) is 0.593. The van der Waals surface area contributed by atoms with Gasteiger partial charge >= 0.3 is 24.5 Å². The van der Waals surface area contributed by atoms with Crippen LogP contribution in [0.15, 0.2) is 42.0 Å². The Balaban J connectivity index is 1.69. The molecule has 3 atom stereocenters. The largest absolute Gasteiger partial charge is 0.481 e. The summed E-state index contributed by atoms with van der Waals surface area (Å²) in [4.78, 5) is 13.9. The van der Waals surface area contributed by atoms with E-state index in [1.54, 1.807) is 4.90 Å². The Labute approximate surface area is 219 Å². The summed E-state index contributed by atoms with van der Waals surface area (Å²) in [6.45, 7) is -0.394. The van der Waals surface area contributed by atoms with Crippen molar-refractivity contribution in [2.75, 3.05) is 6.54 Å². The smallest absolute Gasteiger partial charge is 0.416 e. The highest BCUT2D eigenvalue weighted by atomic mass is 19.4. The molecule has 1 N–H and O–H groups in total. The lowest BCUT2D eigenvalue weighted by Crippen LogP contribution is -2.51. The number of carboxylic acid groups (broad SMARTS) is 1. The summed E-state index contributed by atoms with van der Waals surface area (Å²) in [5, 5.41) is 10.1. The number of alkyl halides is 9. The number of likely N-dealkylation sites (tertiary alicyclic amines) is 1. The van der Waals surface area contributed by atoms with E-state index < -0.39 is 70.7 Å². The number of carboxylic acids is 1. The van der Waals surface area contributed by atoms with Crippen LogP contribution < -0.4 is 0 Å². The highest BCUT2D eigenvalue weighted by molar-refractivity contribution is 5.75. The third kappa shape index (κ3) is 6.15. The number of halogens is 9. The van der Waals surface area contributed by atoms with Gasteiger partial charge in [-0.05, 0) is 74.2 Å². The number of piperidine rings is 1. The van der Waals surface area contributed by atoms with Crippen LogP contribution in [0.5, 0.6) is 0 Å². The summed E-state index contributed by atoms with van der Waals surface area (Å²) in [6.07, 6.45) is -8.40. The van der Waals surface area contributed by atoms with Crippen LogP contribution >= 0.6 is 0 Å². The molecule has 216 valence electrons. The third-order valence-corrected chi connectivity index (χ3v) is 8.53. The molecule has 12 heteroatoms. The Morgan fingerprint density at radius 3 is 2.15 bits per heavy atom. The Bertz CT molecular complexity index is 1130. The van der Waals surface area contributed by atoms with Gasteiger partial charge in [0.05, 0.1) is 22.1 Å². The van der Waals surface area contributed by atoms with Gasteiger partial charge < -0.3 is 5.11 Å². The van der Waals surface area contributed by atoms with Crippen molar-refractivity contribution in [2.24, 2.45) is 17.3 Å². The molecule has 1 heterocycles. The summed E-state index contributed by atoms with van der Waals surface area (Å²) in [5.74, 6) is -1.90. The van der Waals surface area contributed by atoms with Crippen LogP contribution in [-0.4, -0.2) is 34.7 Å². The molecule has 39 heavy (non-hydrogen) atoms. The number of nitrogens with zero attached hydrogens (tertiary/aromatic N) is 1. The fraction of sp³-hybridized carbons (Fsp3) is 0.593. The minimum Gasteiger partial charge on any atom is -0.481 e. The first kappa shape index (κ1) is 29.5. The van der Waals surface area contributed by atoms with E-state index in [9.17, 15) is 49.4 Å². The monoisotopic (exact) mass is 569 g/mol. The second kappa shape index (κ2) is 10.5. The van der Waals surface area contributed by atoms with Gasteiger partial charge in [0.25, 0.3) is 0 Å². The zero-order valence-electron chi connectivity index (χ0n) is 20.8. The Morgan fingerprint density at radius 2 is 1.64 bits per heavy atom. The summed E-state index contributed by atoms with van der Waals surface area (Å²) in [7, 11) is 0.